The van der Waals surface area contributed by atoms with Crippen LogP contribution in [0, 0.1) is 20.8 Å². The molecule has 0 amide bonds. The number of hydrogen-bond acceptors (Lipinski definition) is 4. The van der Waals surface area contributed by atoms with E-state index in [1.165, 1.54) is 32.2 Å². The van der Waals surface area contributed by atoms with Gasteiger partial charge < -0.3 is 0 Å². The molecule has 0 atom stereocenters. The maximum Gasteiger partial charge on any atom is 0.126 e. The van der Waals surface area contributed by atoms with Crippen LogP contribution in [-0.4, -0.2) is 15.0 Å². The van der Waals surface area contributed by atoms with Gasteiger partial charge in [-0.25, -0.2) is 15.0 Å². The molecule has 6 aromatic rings. The van der Waals surface area contributed by atoms with Gasteiger partial charge in [0.2, 0.25) is 0 Å². The molecule has 0 aliphatic carbocycles. The molecule has 2 aromatic heterocycles. The van der Waals surface area contributed by atoms with E-state index in [0.29, 0.717) is 0 Å². The van der Waals surface area contributed by atoms with E-state index in [1.807, 2.05) is 19.9 Å². The molecule has 0 radical (unpaired) electrons. The SMILES string of the molecule is Cc1nc(C)c(C)c(-c2ccc(-c3ccc(-c4nc5ccccc5s4)c4ccccc34)cc2)n1. The van der Waals surface area contributed by atoms with Gasteiger partial charge in [0.1, 0.15) is 10.8 Å². The molecule has 3 nitrogen and oxygen atoms in total. The summed E-state index contributed by atoms with van der Waals surface area (Å²) in [6.07, 6.45) is 0. The molecule has 0 spiro atoms. The molecule has 4 heteroatoms. The van der Waals surface area contributed by atoms with Gasteiger partial charge in [-0.1, -0.05) is 72.8 Å². The van der Waals surface area contributed by atoms with Crippen molar-refractivity contribution in [3.05, 3.63) is 102 Å². The molecule has 34 heavy (non-hydrogen) atoms. The Morgan fingerprint density at radius 3 is 2.00 bits per heavy atom. The molecule has 6 rings (SSSR count). The molecule has 0 unspecified atom stereocenters. The van der Waals surface area contributed by atoms with Crippen molar-refractivity contribution in [3.63, 3.8) is 0 Å². The predicted octanol–water partition coefficient (Wildman–Crippen LogP) is 8.17. The third kappa shape index (κ3) is 3.47. The average Bonchev–Trinajstić information content (AvgIpc) is 3.30. The first-order valence-corrected chi connectivity index (χ1v) is 12.2. The van der Waals surface area contributed by atoms with Crippen molar-refractivity contribution in [3.8, 4) is 33.0 Å². The van der Waals surface area contributed by atoms with Crippen LogP contribution in [0.3, 0.4) is 0 Å². The summed E-state index contributed by atoms with van der Waals surface area (Å²) < 4.78 is 1.21. The molecular formula is C30H23N3S. The number of rotatable bonds is 3. The Kier molecular flexibility index (Phi) is 4.96. The summed E-state index contributed by atoms with van der Waals surface area (Å²) in [7, 11) is 0. The lowest BCUT2D eigenvalue weighted by molar-refractivity contribution is 0.992. The second kappa shape index (κ2) is 8.15. The highest BCUT2D eigenvalue weighted by Gasteiger charge is 2.14. The highest BCUT2D eigenvalue weighted by molar-refractivity contribution is 7.21. The first kappa shape index (κ1) is 20.7. The number of thiazole rings is 1. The monoisotopic (exact) mass is 457 g/mol. The lowest BCUT2D eigenvalue weighted by Gasteiger charge is -2.12. The summed E-state index contributed by atoms with van der Waals surface area (Å²) in [6.45, 7) is 6.08. The Hall–Kier alpha value is -3.89. The van der Waals surface area contributed by atoms with Gasteiger partial charge in [0.05, 0.1) is 15.9 Å². The van der Waals surface area contributed by atoms with Gasteiger partial charge in [-0.05, 0) is 60.4 Å². The van der Waals surface area contributed by atoms with Crippen LogP contribution >= 0.6 is 11.3 Å². The number of aromatic nitrogens is 3. The molecule has 0 saturated heterocycles. The molecule has 0 fully saturated rings. The first-order chi connectivity index (χ1) is 16.6. The predicted molar refractivity (Wildman–Crippen MR) is 143 cm³/mol. The topological polar surface area (TPSA) is 38.7 Å². The summed E-state index contributed by atoms with van der Waals surface area (Å²) in [6, 6.07) is 30.1. The first-order valence-electron chi connectivity index (χ1n) is 11.4. The summed E-state index contributed by atoms with van der Waals surface area (Å²) in [5, 5.41) is 3.52. The molecule has 0 aliphatic heterocycles. The zero-order chi connectivity index (χ0) is 23.2. The van der Waals surface area contributed by atoms with E-state index in [-0.39, 0.29) is 0 Å². The summed E-state index contributed by atoms with van der Waals surface area (Å²) >= 11 is 1.75. The summed E-state index contributed by atoms with van der Waals surface area (Å²) in [5.41, 5.74) is 8.93. The van der Waals surface area contributed by atoms with Gasteiger partial charge >= 0.3 is 0 Å². The fourth-order valence-corrected chi connectivity index (χ4v) is 5.59. The maximum absolute atomic E-state index is 4.91. The third-order valence-corrected chi connectivity index (χ3v) is 7.49. The second-order valence-electron chi connectivity index (χ2n) is 8.60. The number of para-hydroxylation sites is 1. The Labute approximate surface area is 202 Å². The van der Waals surface area contributed by atoms with E-state index < -0.39 is 0 Å². The summed E-state index contributed by atoms with van der Waals surface area (Å²) in [5.74, 6) is 0.804. The normalized spacial score (nSPS) is 11.4. The molecule has 164 valence electrons. The van der Waals surface area contributed by atoms with Gasteiger partial charge in [0, 0.05) is 16.8 Å². The lowest BCUT2D eigenvalue weighted by atomic mass is 9.94. The Balaban J connectivity index is 1.46. The van der Waals surface area contributed by atoms with Gasteiger partial charge in [-0.15, -0.1) is 11.3 Å². The quantitative estimate of drug-likeness (QED) is 0.269. The smallest absolute Gasteiger partial charge is 0.126 e. The standard InChI is InChI=1S/C30H23N3S/c1-18-19(2)31-20(3)32-29(18)22-14-12-21(13-15-22)23-16-17-26(25-9-5-4-8-24(23)25)30-33-27-10-6-7-11-28(27)34-30/h4-17H,1-3H3. The molecule has 0 bridgehead atoms. The highest BCUT2D eigenvalue weighted by Crippen LogP contribution is 2.39. The van der Waals surface area contributed by atoms with E-state index >= 15 is 0 Å². The number of aryl methyl sites for hydroxylation is 2. The van der Waals surface area contributed by atoms with Crippen LogP contribution in [0.25, 0.3) is 53.9 Å². The fraction of sp³-hybridized carbons (Fsp3) is 0.100. The van der Waals surface area contributed by atoms with Crippen molar-refractivity contribution in [2.75, 3.05) is 0 Å². The number of hydrogen-bond donors (Lipinski definition) is 0. The highest BCUT2D eigenvalue weighted by atomic mass is 32.1. The van der Waals surface area contributed by atoms with Crippen molar-refractivity contribution in [1.82, 2.24) is 15.0 Å². The second-order valence-corrected chi connectivity index (χ2v) is 9.63. The molecule has 0 saturated carbocycles. The van der Waals surface area contributed by atoms with Crippen LogP contribution < -0.4 is 0 Å². The van der Waals surface area contributed by atoms with Gasteiger partial charge in [0.15, 0.2) is 0 Å². The number of fused-ring (bicyclic) bond motifs is 2. The van der Waals surface area contributed by atoms with Crippen molar-refractivity contribution in [1.29, 1.82) is 0 Å². The Morgan fingerprint density at radius 1 is 0.588 bits per heavy atom. The number of nitrogens with zero attached hydrogens (tertiary/aromatic N) is 3. The average molecular weight is 458 g/mol. The molecule has 0 aliphatic rings. The minimum absolute atomic E-state index is 0.804. The zero-order valence-electron chi connectivity index (χ0n) is 19.3. The minimum Gasteiger partial charge on any atom is -0.238 e. The van der Waals surface area contributed by atoms with Crippen molar-refractivity contribution < 1.29 is 0 Å². The van der Waals surface area contributed by atoms with Crippen molar-refractivity contribution >= 4 is 32.3 Å². The van der Waals surface area contributed by atoms with Crippen LogP contribution in [0.5, 0.6) is 0 Å². The number of benzene rings is 4. The zero-order valence-corrected chi connectivity index (χ0v) is 20.1. The molecule has 4 aromatic carbocycles. The largest absolute Gasteiger partial charge is 0.238 e. The van der Waals surface area contributed by atoms with Gasteiger partial charge in [-0.3, -0.25) is 0 Å². The van der Waals surface area contributed by atoms with Gasteiger partial charge in [-0.2, -0.15) is 0 Å². The van der Waals surface area contributed by atoms with Crippen molar-refractivity contribution in [2.24, 2.45) is 0 Å². The fourth-order valence-electron chi connectivity index (χ4n) is 4.58. The Morgan fingerprint density at radius 2 is 1.24 bits per heavy atom. The van der Waals surface area contributed by atoms with Gasteiger partial charge in [0.25, 0.3) is 0 Å². The van der Waals surface area contributed by atoms with Crippen LogP contribution in [-0.2, 0) is 0 Å². The van der Waals surface area contributed by atoms with E-state index in [4.69, 9.17) is 9.97 Å². The van der Waals surface area contributed by atoms with Crippen molar-refractivity contribution in [2.45, 2.75) is 20.8 Å². The van der Waals surface area contributed by atoms with E-state index in [9.17, 15) is 0 Å². The van der Waals surface area contributed by atoms with Crippen LogP contribution in [0.15, 0.2) is 84.9 Å². The summed E-state index contributed by atoms with van der Waals surface area (Å²) in [4.78, 5) is 14.1. The Bertz CT molecular complexity index is 1650. The maximum atomic E-state index is 4.91. The minimum atomic E-state index is 0.804. The van der Waals surface area contributed by atoms with E-state index in [0.717, 1.165) is 38.9 Å². The molecule has 2 heterocycles. The molecule has 0 N–H and O–H groups in total. The van der Waals surface area contributed by atoms with Crippen LogP contribution in [0.4, 0.5) is 0 Å². The van der Waals surface area contributed by atoms with E-state index in [2.05, 4.69) is 90.8 Å². The van der Waals surface area contributed by atoms with E-state index in [1.54, 1.807) is 11.3 Å². The third-order valence-electron chi connectivity index (χ3n) is 6.42. The van der Waals surface area contributed by atoms with Crippen LogP contribution in [0.2, 0.25) is 0 Å². The lowest BCUT2D eigenvalue weighted by Crippen LogP contribution is -1.99. The van der Waals surface area contributed by atoms with Crippen LogP contribution in [0.1, 0.15) is 17.1 Å². The molecular weight excluding hydrogens is 434 g/mol.